The largest absolute Gasteiger partial charge is 0.448 e. The number of ether oxygens (including phenoxy) is 2. The van der Waals surface area contributed by atoms with Gasteiger partial charge < -0.3 is 13.9 Å². The molecule has 2 aromatic rings. The minimum Gasteiger partial charge on any atom is -0.448 e. The molecule has 2 atom stereocenters. The van der Waals surface area contributed by atoms with Crippen LogP contribution in [0.5, 0.6) is 0 Å². The average Bonchev–Trinajstić information content (AvgIpc) is 3.29. The van der Waals surface area contributed by atoms with Crippen molar-refractivity contribution in [2.24, 2.45) is 0 Å². The summed E-state index contributed by atoms with van der Waals surface area (Å²) in [6.45, 7) is 12.6. The van der Waals surface area contributed by atoms with E-state index in [1.54, 1.807) is 0 Å². The van der Waals surface area contributed by atoms with Crippen LogP contribution in [0.3, 0.4) is 0 Å². The fourth-order valence-corrected chi connectivity index (χ4v) is 5.83. The van der Waals surface area contributed by atoms with E-state index in [-0.39, 0.29) is 24.3 Å². The summed E-state index contributed by atoms with van der Waals surface area (Å²) in [7, 11) is -2.14. The van der Waals surface area contributed by atoms with Crippen molar-refractivity contribution in [3.8, 4) is 11.1 Å². The van der Waals surface area contributed by atoms with E-state index in [4.69, 9.17) is 13.9 Å². The molecule has 1 saturated heterocycles. The Kier molecular flexibility index (Phi) is 6.14. The van der Waals surface area contributed by atoms with Crippen molar-refractivity contribution in [2.45, 2.75) is 63.9 Å². The molecular formula is C26H33NO5Si. The fourth-order valence-electron chi connectivity index (χ4n) is 4.42. The molecule has 6 nitrogen and oxygen atoms in total. The molecule has 0 N–H and O–H groups in total. The van der Waals surface area contributed by atoms with Crippen LogP contribution >= 0.6 is 0 Å². The van der Waals surface area contributed by atoms with Crippen molar-refractivity contribution < 1.29 is 23.5 Å². The quantitative estimate of drug-likeness (QED) is 0.427. The van der Waals surface area contributed by atoms with Crippen LogP contribution < -0.4 is 0 Å². The molecule has 2 aromatic carbocycles. The molecular weight excluding hydrogens is 434 g/mol. The van der Waals surface area contributed by atoms with E-state index in [1.807, 2.05) is 31.2 Å². The second kappa shape index (κ2) is 8.61. The molecule has 0 saturated carbocycles. The molecule has 0 spiro atoms. The van der Waals surface area contributed by atoms with Crippen LogP contribution in [0.1, 0.15) is 44.7 Å². The van der Waals surface area contributed by atoms with Crippen LogP contribution in [0.15, 0.2) is 48.5 Å². The zero-order valence-corrected chi connectivity index (χ0v) is 21.3. The van der Waals surface area contributed by atoms with Gasteiger partial charge in [0, 0.05) is 5.92 Å². The zero-order chi connectivity index (χ0) is 24.0. The lowest BCUT2D eigenvalue weighted by atomic mass is 9.98. The molecule has 0 aromatic heterocycles. The number of cyclic esters (lactones) is 1. The van der Waals surface area contributed by atoms with Crippen molar-refractivity contribution in [3.05, 3.63) is 59.7 Å². The number of carbonyl (C=O) groups excluding carboxylic acids is 2. The fraction of sp³-hybridized carbons (Fsp3) is 0.462. The monoisotopic (exact) mass is 467 g/mol. The molecule has 176 valence electrons. The van der Waals surface area contributed by atoms with Gasteiger partial charge in [0.25, 0.3) is 0 Å². The second-order valence-electron chi connectivity index (χ2n) is 10.4. The summed E-state index contributed by atoms with van der Waals surface area (Å²) < 4.78 is 17.4. The number of rotatable bonds is 5. The van der Waals surface area contributed by atoms with Gasteiger partial charge in [0.1, 0.15) is 6.61 Å². The Hall–Kier alpha value is -2.64. The minimum atomic E-state index is -2.14. The molecule has 0 bridgehead atoms. The number of hydrogen-bond acceptors (Lipinski definition) is 5. The number of esters is 1. The molecule has 1 aliphatic heterocycles. The molecule has 4 rings (SSSR count). The predicted molar refractivity (Wildman–Crippen MR) is 129 cm³/mol. The van der Waals surface area contributed by atoms with Crippen molar-refractivity contribution in [1.29, 1.82) is 0 Å². The van der Waals surface area contributed by atoms with Gasteiger partial charge in [-0.3, -0.25) is 4.90 Å². The highest BCUT2D eigenvalue weighted by Crippen LogP contribution is 2.44. The number of hydrogen-bond donors (Lipinski definition) is 0. The van der Waals surface area contributed by atoms with E-state index >= 15 is 0 Å². The maximum absolute atomic E-state index is 13.1. The first-order chi connectivity index (χ1) is 15.5. The minimum absolute atomic E-state index is 0.0155. The summed E-state index contributed by atoms with van der Waals surface area (Å²) in [5.41, 5.74) is 4.63. The van der Waals surface area contributed by atoms with Crippen molar-refractivity contribution in [1.82, 2.24) is 4.90 Å². The molecule has 1 amide bonds. The summed E-state index contributed by atoms with van der Waals surface area (Å²) in [5.74, 6) is -0.491. The van der Waals surface area contributed by atoms with Gasteiger partial charge in [-0.1, -0.05) is 69.3 Å². The van der Waals surface area contributed by atoms with E-state index in [9.17, 15) is 9.59 Å². The predicted octanol–water partition coefficient (Wildman–Crippen LogP) is 5.53. The highest BCUT2D eigenvalue weighted by Gasteiger charge is 2.47. The number of amides is 1. The number of fused-ring (bicyclic) bond motifs is 3. The first-order valence-electron chi connectivity index (χ1n) is 11.5. The van der Waals surface area contributed by atoms with E-state index in [0.29, 0.717) is 0 Å². The lowest BCUT2D eigenvalue weighted by Crippen LogP contribution is -2.52. The highest BCUT2D eigenvalue weighted by atomic mass is 28.4. The Morgan fingerprint density at radius 2 is 1.64 bits per heavy atom. The standard InChI is InChI=1S/C26H33NO5Si/c1-17(32-33(5,6)26(2,3)4)23-24(28)31-16-27(23)25(29)30-15-22-20-13-9-7-11-18(20)19-12-8-10-14-21(19)22/h7-14,17,22-23H,15-16H2,1-6H3/t17-,23?/m1/s1. The van der Waals surface area contributed by atoms with Crippen LogP contribution in [-0.2, 0) is 18.7 Å². The van der Waals surface area contributed by atoms with Crippen LogP contribution in [0.25, 0.3) is 11.1 Å². The molecule has 1 unspecified atom stereocenters. The maximum Gasteiger partial charge on any atom is 0.413 e. The van der Waals surface area contributed by atoms with Crippen molar-refractivity contribution in [2.75, 3.05) is 13.3 Å². The third-order valence-corrected chi connectivity index (χ3v) is 11.8. The van der Waals surface area contributed by atoms with Gasteiger partial charge in [0.05, 0.1) is 6.10 Å². The normalized spacial score (nSPS) is 19.2. The van der Waals surface area contributed by atoms with E-state index < -0.39 is 32.5 Å². The van der Waals surface area contributed by atoms with Crippen molar-refractivity contribution >= 4 is 20.4 Å². The number of benzene rings is 2. The second-order valence-corrected chi connectivity index (χ2v) is 15.2. The Morgan fingerprint density at radius 1 is 1.09 bits per heavy atom. The zero-order valence-electron chi connectivity index (χ0n) is 20.3. The molecule has 1 aliphatic carbocycles. The van der Waals surface area contributed by atoms with E-state index in [0.717, 1.165) is 11.1 Å². The van der Waals surface area contributed by atoms with Gasteiger partial charge in [-0.05, 0) is 47.3 Å². The van der Waals surface area contributed by atoms with E-state index in [2.05, 4.69) is 58.1 Å². The lowest BCUT2D eigenvalue weighted by molar-refractivity contribution is -0.140. The van der Waals surface area contributed by atoms with Gasteiger partial charge in [-0.2, -0.15) is 0 Å². The number of carbonyl (C=O) groups is 2. The van der Waals surface area contributed by atoms with Crippen LogP contribution in [0.4, 0.5) is 4.79 Å². The molecule has 1 heterocycles. The first-order valence-corrected chi connectivity index (χ1v) is 14.4. The summed E-state index contributed by atoms with van der Waals surface area (Å²) in [6.07, 6.45) is -1.04. The molecule has 7 heteroatoms. The number of nitrogens with zero attached hydrogens (tertiary/aromatic N) is 1. The third kappa shape index (κ3) is 4.31. The third-order valence-electron chi connectivity index (χ3n) is 7.23. The molecule has 33 heavy (non-hydrogen) atoms. The Balaban J connectivity index is 1.48. The van der Waals surface area contributed by atoms with Crippen molar-refractivity contribution in [3.63, 3.8) is 0 Å². The van der Waals surface area contributed by atoms with Gasteiger partial charge in [-0.15, -0.1) is 0 Å². The lowest BCUT2D eigenvalue weighted by Gasteiger charge is -2.40. The molecule has 1 fully saturated rings. The molecule has 2 aliphatic rings. The molecule has 0 radical (unpaired) electrons. The van der Waals surface area contributed by atoms with Gasteiger partial charge >= 0.3 is 12.1 Å². The average molecular weight is 468 g/mol. The van der Waals surface area contributed by atoms with Gasteiger partial charge in [-0.25, -0.2) is 9.59 Å². The summed E-state index contributed by atoms with van der Waals surface area (Å²) in [4.78, 5) is 26.9. The Morgan fingerprint density at radius 3 is 2.18 bits per heavy atom. The van der Waals surface area contributed by atoms with E-state index in [1.165, 1.54) is 16.0 Å². The Bertz CT molecular complexity index is 1020. The summed E-state index contributed by atoms with van der Waals surface area (Å²) >= 11 is 0. The Labute approximate surface area is 197 Å². The maximum atomic E-state index is 13.1. The van der Waals surface area contributed by atoms with Gasteiger partial charge in [0.15, 0.2) is 21.1 Å². The van der Waals surface area contributed by atoms with Crippen LogP contribution in [0.2, 0.25) is 18.1 Å². The first kappa shape index (κ1) is 23.5. The smallest absolute Gasteiger partial charge is 0.413 e. The van der Waals surface area contributed by atoms with Gasteiger partial charge in [0.2, 0.25) is 0 Å². The highest BCUT2D eigenvalue weighted by molar-refractivity contribution is 6.74. The summed E-state index contributed by atoms with van der Waals surface area (Å²) in [6, 6.07) is 15.6. The van der Waals surface area contributed by atoms with Crippen LogP contribution in [-0.4, -0.2) is 50.8 Å². The van der Waals surface area contributed by atoms with Crippen LogP contribution in [0, 0.1) is 0 Å². The topological polar surface area (TPSA) is 65.1 Å². The summed E-state index contributed by atoms with van der Waals surface area (Å²) in [5, 5.41) is -0.0155. The SMILES string of the molecule is C[C@@H](O[Si](C)(C)C(C)(C)C)C1C(=O)OCN1C(=O)OCC1c2ccccc2-c2ccccc21.